The first-order valence-corrected chi connectivity index (χ1v) is 5.39. The number of nitrogens with zero attached hydrogens (tertiary/aromatic N) is 1. The molecule has 1 aliphatic heterocycles. The first-order valence-electron chi connectivity index (χ1n) is 5.39. The SMILES string of the molecule is CNC(=O)NC(=O)CN1CCCCC1C. The van der Waals surface area contributed by atoms with E-state index in [1.165, 1.54) is 13.5 Å². The highest BCUT2D eigenvalue weighted by Gasteiger charge is 2.20. The molecule has 0 spiro atoms. The fourth-order valence-electron chi connectivity index (χ4n) is 1.81. The highest BCUT2D eigenvalue weighted by Crippen LogP contribution is 2.15. The monoisotopic (exact) mass is 213 g/mol. The Hall–Kier alpha value is -1.10. The summed E-state index contributed by atoms with van der Waals surface area (Å²) in [5.41, 5.74) is 0. The molecule has 0 aromatic carbocycles. The molecule has 0 bridgehead atoms. The van der Waals surface area contributed by atoms with Crippen molar-refractivity contribution in [1.82, 2.24) is 15.5 Å². The van der Waals surface area contributed by atoms with Crippen molar-refractivity contribution >= 4 is 11.9 Å². The number of carbonyl (C=O) groups excluding carboxylic acids is 2. The molecule has 1 saturated heterocycles. The van der Waals surface area contributed by atoms with E-state index in [2.05, 4.69) is 22.5 Å². The maximum absolute atomic E-state index is 11.4. The lowest BCUT2D eigenvalue weighted by atomic mass is 10.0. The molecule has 0 saturated carbocycles. The molecule has 5 nitrogen and oxygen atoms in total. The van der Waals surface area contributed by atoms with E-state index < -0.39 is 6.03 Å². The van der Waals surface area contributed by atoms with Gasteiger partial charge in [0.25, 0.3) is 0 Å². The van der Waals surface area contributed by atoms with E-state index in [1.807, 2.05) is 0 Å². The third kappa shape index (κ3) is 3.87. The summed E-state index contributed by atoms with van der Waals surface area (Å²) >= 11 is 0. The molecule has 86 valence electrons. The van der Waals surface area contributed by atoms with Crippen molar-refractivity contribution in [2.24, 2.45) is 0 Å². The molecule has 1 fully saturated rings. The molecule has 1 unspecified atom stereocenters. The van der Waals surface area contributed by atoms with Crippen LogP contribution in [0.15, 0.2) is 0 Å². The first-order chi connectivity index (χ1) is 7.13. The first kappa shape index (κ1) is 12.0. The van der Waals surface area contributed by atoms with Crippen molar-refractivity contribution < 1.29 is 9.59 Å². The molecule has 3 amide bonds. The van der Waals surface area contributed by atoms with E-state index in [9.17, 15) is 9.59 Å². The molecule has 1 heterocycles. The van der Waals surface area contributed by atoms with Gasteiger partial charge in [0.1, 0.15) is 0 Å². The lowest BCUT2D eigenvalue weighted by Crippen LogP contribution is -2.47. The summed E-state index contributed by atoms with van der Waals surface area (Å²) < 4.78 is 0. The summed E-state index contributed by atoms with van der Waals surface area (Å²) in [6, 6.07) is -0.00106. The van der Waals surface area contributed by atoms with Crippen LogP contribution >= 0.6 is 0 Å². The van der Waals surface area contributed by atoms with Crippen molar-refractivity contribution in [3.8, 4) is 0 Å². The number of rotatable bonds is 2. The Balaban J connectivity index is 2.33. The molecular formula is C10H19N3O2. The van der Waals surface area contributed by atoms with Crippen LogP contribution in [0.2, 0.25) is 0 Å². The Kier molecular flexibility index (Phi) is 4.55. The Morgan fingerprint density at radius 3 is 2.73 bits per heavy atom. The van der Waals surface area contributed by atoms with Crippen LogP contribution in [0.5, 0.6) is 0 Å². The number of nitrogens with one attached hydrogen (secondary N) is 2. The summed E-state index contributed by atoms with van der Waals surface area (Å²) in [7, 11) is 1.49. The molecule has 1 rings (SSSR count). The average molecular weight is 213 g/mol. The van der Waals surface area contributed by atoms with Gasteiger partial charge in [-0.05, 0) is 26.3 Å². The van der Waals surface area contributed by atoms with Crippen LogP contribution in [-0.2, 0) is 4.79 Å². The Morgan fingerprint density at radius 1 is 1.40 bits per heavy atom. The van der Waals surface area contributed by atoms with Gasteiger partial charge in [0.2, 0.25) is 5.91 Å². The van der Waals surface area contributed by atoms with E-state index in [0.717, 1.165) is 19.4 Å². The van der Waals surface area contributed by atoms with Crippen LogP contribution in [0.1, 0.15) is 26.2 Å². The molecule has 5 heteroatoms. The lowest BCUT2D eigenvalue weighted by Gasteiger charge is -2.32. The van der Waals surface area contributed by atoms with Crippen LogP contribution in [0.4, 0.5) is 4.79 Å². The van der Waals surface area contributed by atoms with Crippen LogP contribution < -0.4 is 10.6 Å². The minimum Gasteiger partial charge on any atom is -0.341 e. The number of carbonyl (C=O) groups is 2. The van der Waals surface area contributed by atoms with E-state index in [-0.39, 0.29) is 5.91 Å². The van der Waals surface area contributed by atoms with Gasteiger partial charge in [-0.15, -0.1) is 0 Å². The number of likely N-dealkylation sites (tertiary alicyclic amines) is 1. The molecule has 0 aliphatic carbocycles. The fourth-order valence-corrected chi connectivity index (χ4v) is 1.81. The van der Waals surface area contributed by atoms with Gasteiger partial charge < -0.3 is 5.32 Å². The summed E-state index contributed by atoms with van der Waals surface area (Å²) in [5.74, 6) is -0.233. The van der Waals surface area contributed by atoms with Crippen LogP contribution in [0, 0.1) is 0 Å². The highest BCUT2D eigenvalue weighted by atomic mass is 16.2. The second kappa shape index (κ2) is 5.70. The van der Waals surface area contributed by atoms with Crippen molar-refractivity contribution in [2.75, 3.05) is 20.1 Å². The largest absolute Gasteiger partial charge is 0.341 e. The molecule has 15 heavy (non-hydrogen) atoms. The molecule has 0 radical (unpaired) electrons. The van der Waals surface area contributed by atoms with Gasteiger partial charge in [-0.1, -0.05) is 6.42 Å². The van der Waals surface area contributed by atoms with E-state index in [0.29, 0.717) is 12.6 Å². The lowest BCUT2D eigenvalue weighted by molar-refractivity contribution is -0.121. The van der Waals surface area contributed by atoms with Crippen LogP contribution in [0.3, 0.4) is 0 Å². The fraction of sp³-hybridized carbons (Fsp3) is 0.800. The number of piperidine rings is 1. The molecular weight excluding hydrogens is 194 g/mol. The summed E-state index contributed by atoms with van der Waals surface area (Å²) in [4.78, 5) is 24.4. The van der Waals surface area contributed by atoms with Crippen molar-refractivity contribution in [3.05, 3.63) is 0 Å². The van der Waals surface area contributed by atoms with Gasteiger partial charge in [-0.2, -0.15) is 0 Å². The molecule has 0 aromatic rings. The number of hydrogen-bond acceptors (Lipinski definition) is 3. The van der Waals surface area contributed by atoms with Gasteiger partial charge in [-0.25, -0.2) is 4.79 Å². The Bertz CT molecular complexity index is 243. The maximum atomic E-state index is 11.4. The second-order valence-electron chi connectivity index (χ2n) is 3.94. The van der Waals surface area contributed by atoms with E-state index >= 15 is 0 Å². The van der Waals surface area contributed by atoms with E-state index in [1.54, 1.807) is 0 Å². The molecule has 0 aromatic heterocycles. The summed E-state index contributed by atoms with van der Waals surface area (Å²) in [6.07, 6.45) is 3.50. The molecule has 1 atom stereocenters. The van der Waals surface area contributed by atoms with Crippen molar-refractivity contribution in [1.29, 1.82) is 0 Å². The third-order valence-electron chi connectivity index (χ3n) is 2.77. The van der Waals surface area contributed by atoms with Crippen molar-refractivity contribution in [2.45, 2.75) is 32.2 Å². The quantitative estimate of drug-likeness (QED) is 0.694. The standard InChI is InChI=1S/C10H19N3O2/c1-8-5-3-4-6-13(8)7-9(14)12-10(15)11-2/h8H,3-7H2,1-2H3,(H2,11,12,14,15). The minimum absolute atomic E-state index is 0.233. The predicted molar refractivity (Wildman–Crippen MR) is 57.5 cm³/mol. The second-order valence-corrected chi connectivity index (χ2v) is 3.94. The van der Waals surface area contributed by atoms with Crippen LogP contribution in [0.25, 0.3) is 0 Å². The molecule has 1 aliphatic rings. The van der Waals surface area contributed by atoms with Gasteiger partial charge in [-0.3, -0.25) is 15.0 Å². The predicted octanol–water partition coefficient (Wildman–Crippen LogP) is 0.316. The maximum Gasteiger partial charge on any atom is 0.321 e. The molecule has 2 N–H and O–H groups in total. The number of urea groups is 1. The summed E-state index contributed by atoms with van der Waals surface area (Å²) in [6.45, 7) is 3.38. The summed E-state index contributed by atoms with van der Waals surface area (Å²) in [5, 5.41) is 4.62. The zero-order chi connectivity index (χ0) is 11.3. The van der Waals surface area contributed by atoms with Gasteiger partial charge in [0.15, 0.2) is 0 Å². The van der Waals surface area contributed by atoms with E-state index in [4.69, 9.17) is 0 Å². The normalized spacial score (nSPS) is 22.1. The minimum atomic E-state index is -0.440. The highest BCUT2D eigenvalue weighted by molar-refractivity contribution is 5.95. The van der Waals surface area contributed by atoms with Crippen LogP contribution in [-0.4, -0.2) is 43.0 Å². The van der Waals surface area contributed by atoms with Crippen molar-refractivity contribution in [3.63, 3.8) is 0 Å². The number of hydrogen-bond donors (Lipinski definition) is 2. The smallest absolute Gasteiger partial charge is 0.321 e. The Morgan fingerprint density at radius 2 is 2.13 bits per heavy atom. The van der Waals surface area contributed by atoms with Gasteiger partial charge in [0.05, 0.1) is 6.54 Å². The van der Waals surface area contributed by atoms with Gasteiger partial charge >= 0.3 is 6.03 Å². The number of amides is 3. The average Bonchev–Trinajstić information content (AvgIpc) is 2.21. The Labute approximate surface area is 90.2 Å². The zero-order valence-corrected chi connectivity index (χ0v) is 9.38. The topological polar surface area (TPSA) is 61.4 Å². The number of imide groups is 1. The zero-order valence-electron chi connectivity index (χ0n) is 9.38. The third-order valence-corrected chi connectivity index (χ3v) is 2.77. The van der Waals surface area contributed by atoms with Gasteiger partial charge in [0, 0.05) is 13.1 Å².